The molecule has 31 heavy (non-hydrogen) atoms. The van der Waals surface area contributed by atoms with E-state index >= 15 is 0 Å². The van der Waals surface area contributed by atoms with E-state index in [2.05, 4.69) is 47.9 Å². The van der Waals surface area contributed by atoms with Crippen LogP contribution < -0.4 is 4.90 Å². The summed E-state index contributed by atoms with van der Waals surface area (Å²) < 4.78 is 0. The molecule has 0 amide bonds. The Hall–Kier alpha value is -1.40. The molecule has 0 spiro atoms. The second-order valence-corrected chi connectivity index (χ2v) is 9.07. The zero-order chi connectivity index (χ0) is 22.4. The van der Waals surface area contributed by atoms with Crippen molar-refractivity contribution in [3.05, 3.63) is 46.7 Å². The van der Waals surface area contributed by atoms with Gasteiger partial charge in [-0.1, -0.05) is 32.9 Å². The molecule has 5 nitrogen and oxygen atoms in total. The molecule has 0 radical (unpaired) electrons. The minimum Gasteiger partial charge on any atom is -0.785 e. The van der Waals surface area contributed by atoms with Crippen LogP contribution in [0.15, 0.2) is 30.4 Å². The van der Waals surface area contributed by atoms with Gasteiger partial charge in [-0.15, -0.1) is 11.6 Å². The summed E-state index contributed by atoms with van der Waals surface area (Å²) in [6.07, 6.45) is 7.62. The van der Waals surface area contributed by atoms with Crippen molar-refractivity contribution in [2.45, 2.75) is 64.5 Å². The predicted molar refractivity (Wildman–Crippen MR) is 130 cm³/mol. The van der Waals surface area contributed by atoms with E-state index in [1.54, 1.807) is 0 Å². The van der Waals surface area contributed by atoms with E-state index < -0.39 is 0 Å². The molecule has 0 fully saturated rings. The van der Waals surface area contributed by atoms with Gasteiger partial charge in [0.05, 0.1) is 6.04 Å². The van der Waals surface area contributed by atoms with Gasteiger partial charge >= 0.3 is 0 Å². The first kappa shape index (κ1) is 24.2. The van der Waals surface area contributed by atoms with Crippen molar-refractivity contribution >= 4 is 23.1 Å². The second-order valence-electron chi connectivity index (χ2n) is 8.69. The van der Waals surface area contributed by atoms with Gasteiger partial charge in [-0.3, -0.25) is 4.79 Å². The lowest BCUT2D eigenvalue weighted by molar-refractivity contribution is 0.0981. The van der Waals surface area contributed by atoms with Crippen LogP contribution in [-0.4, -0.2) is 66.4 Å². The fourth-order valence-electron chi connectivity index (χ4n) is 5.03. The number of anilines is 1. The van der Waals surface area contributed by atoms with Crippen LogP contribution in [0.1, 0.15) is 68.3 Å². The first-order valence-electron chi connectivity index (χ1n) is 11.9. The number of fused-ring (bicyclic) bond motifs is 3. The Bertz CT molecular complexity index is 769. The van der Waals surface area contributed by atoms with Crippen molar-refractivity contribution in [1.29, 1.82) is 0 Å². The maximum atomic E-state index is 12.6. The fourth-order valence-corrected chi connectivity index (χ4v) is 5.20. The fraction of sp³-hybridized carbons (Fsp3) is 0.640. The van der Waals surface area contributed by atoms with E-state index in [4.69, 9.17) is 11.6 Å². The summed E-state index contributed by atoms with van der Waals surface area (Å²) in [6, 6.07) is 6.30. The van der Waals surface area contributed by atoms with Crippen molar-refractivity contribution in [1.82, 2.24) is 9.96 Å². The molecule has 3 rings (SSSR count). The van der Waals surface area contributed by atoms with Crippen molar-refractivity contribution in [3.8, 4) is 0 Å². The summed E-state index contributed by atoms with van der Waals surface area (Å²) in [6.45, 7) is 10.9. The topological polar surface area (TPSA) is 49.9 Å². The Morgan fingerprint density at radius 3 is 2.65 bits per heavy atom. The van der Waals surface area contributed by atoms with E-state index in [1.807, 2.05) is 13.0 Å². The van der Waals surface area contributed by atoms with Gasteiger partial charge in [0.15, 0.2) is 5.78 Å². The van der Waals surface area contributed by atoms with E-state index in [0.29, 0.717) is 18.8 Å². The maximum absolute atomic E-state index is 12.6. The molecular formula is C25H37ClN3O2-. The third-order valence-corrected chi connectivity index (χ3v) is 6.82. The number of nitrogens with zero attached hydrogens (tertiary/aromatic N) is 3. The SMILES string of the molecule is CCCC(=O)c1ccc2c(c1)C1CC(N([O-])CCCl)C=CC1N2CCN(CC)CCC. The number of hydroxylamine groups is 2. The number of carbonyl (C=O) groups excluding carboxylic acids is 1. The second kappa shape index (κ2) is 11.5. The average Bonchev–Trinajstić information content (AvgIpc) is 3.09. The van der Waals surface area contributed by atoms with Crippen LogP contribution in [0.3, 0.4) is 0 Å². The number of benzene rings is 1. The number of halogens is 1. The zero-order valence-electron chi connectivity index (χ0n) is 19.2. The molecule has 0 saturated heterocycles. The minimum absolute atomic E-state index is 0.157. The molecule has 0 N–H and O–H groups in total. The average molecular weight is 447 g/mol. The lowest BCUT2D eigenvalue weighted by atomic mass is 9.83. The molecule has 1 aliphatic heterocycles. The normalized spacial score (nSPS) is 22.3. The molecule has 0 bridgehead atoms. The van der Waals surface area contributed by atoms with Gasteiger partial charge in [-0.25, -0.2) is 0 Å². The third-order valence-electron chi connectivity index (χ3n) is 6.65. The van der Waals surface area contributed by atoms with Gasteiger partial charge in [0.1, 0.15) is 0 Å². The van der Waals surface area contributed by atoms with Crippen LogP contribution in [-0.2, 0) is 0 Å². The number of carbonyl (C=O) groups is 1. The summed E-state index contributed by atoms with van der Waals surface area (Å²) in [4.78, 5) is 17.5. The molecular weight excluding hydrogens is 410 g/mol. The smallest absolute Gasteiger partial charge is 0.162 e. The summed E-state index contributed by atoms with van der Waals surface area (Å²) >= 11 is 5.81. The van der Waals surface area contributed by atoms with Crippen LogP contribution >= 0.6 is 11.6 Å². The molecule has 2 aliphatic rings. The van der Waals surface area contributed by atoms with E-state index in [9.17, 15) is 10.0 Å². The van der Waals surface area contributed by atoms with Crippen molar-refractivity contribution in [2.24, 2.45) is 0 Å². The number of rotatable bonds is 12. The van der Waals surface area contributed by atoms with Crippen LogP contribution in [0.4, 0.5) is 5.69 Å². The van der Waals surface area contributed by atoms with E-state index in [1.165, 1.54) is 11.3 Å². The predicted octanol–water partition coefficient (Wildman–Crippen LogP) is 5.04. The van der Waals surface area contributed by atoms with Gasteiger partial charge in [0.25, 0.3) is 0 Å². The first-order valence-corrected chi connectivity index (χ1v) is 12.4. The molecule has 6 heteroatoms. The largest absolute Gasteiger partial charge is 0.785 e. The van der Waals surface area contributed by atoms with Gasteiger partial charge in [-0.05, 0) is 62.7 Å². The molecule has 3 atom stereocenters. The Labute approximate surface area is 192 Å². The monoisotopic (exact) mass is 446 g/mol. The Balaban J connectivity index is 1.88. The molecule has 1 aromatic rings. The number of Topliss-reactive ketones (excluding diaryl/α,β-unsaturated/α-hetero) is 1. The summed E-state index contributed by atoms with van der Waals surface area (Å²) in [5, 5.41) is 13.6. The van der Waals surface area contributed by atoms with E-state index in [-0.39, 0.29) is 23.8 Å². The molecule has 0 aromatic heterocycles. The van der Waals surface area contributed by atoms with E-state index in [0.717, 1.165) is 56.1 Å². The standard InChI is InChI=1S/C25H37ClN3O2/c1-4-7-25(30)19-8-10-23-21(17-19)22-18-20(29(31)14-12-26)9-11-24(22)28(23)16-15-27(6-3)13-5-2/h8-11,17,20,22,24H,4-7,12-16,18H2,1-3H3/q-1. The Morgan fingerprint density at radius 1 is 1.16 bits per heavy atom. The Kier molecular flexibility index (Phi) is 8.96. The van der Waals surface area contributed by atoms with Gasteiger partial charge in [-0.2, -0.15) is 0 Å². The molecule has 172 valence electrons. The molecule has 0 saturated carbocycles. The van der Waals surface area contributed by atoms with Crippen molar-refractivity contribution in [3.63, 3.8) is 0 Å². The molecule has 1 aliphatic carbocycles. The molecule has 1 aromatic carbocycles. The highest BCUT2D eigenvalue weighted by Gasteiger charge is 2.40. The van der Waals surface area contributed by atoms with Crippen LogP contribution in [0.25, 0.3) is 0 Å². The summed E-state index contributed by atoms with van der Waals surface area (Å²) in [5.41, 5.74) is 3.24. The number of hydrogen-bond acceptors (Lipinski definition) is 5. The third kappa shape index (κ3) is 5.51. The quantitative estimate of drug-likeness (QED) is 0.195. The molecule has 3 unspecified atom stereocenters. The molecule has 1 heterocycles. The summed E-state index contributed by atoms with van der Waals surface area (Å²) in [7, 11) is 0. The van der Waals surface area contributed by atoms with Gasteiger partial charge in [0, 0.05) is 48.6 Å². The van der Waals surface area contributed by atoms with Gasteiger partial charge in [0.2, 0.25) is 0 Å². The lowest BCUT2D eigenvalue weighted by Gasteiger charge is -2.41. The van der Waals surface area contributed by atoms with Gasteiger partial charge < -0.3 is 20.1 Å². The summed E-state index contributed by atoms with van der Waals surface area (Å²) in [5.74, 6) is 0.772. The highest BCUT2D eigenvalue weighted by atomic mass is 35.5. The van der Waals surface area contributed by atoms with Crippen molar-refractivity contribution in [2.75, 3.05) is 43.5 Å². The lowest BCUT2D eigenvalue weighted by Crippen LogP contribution is -2.43. The number of ketones is 1. The van der Waals surface area contributed by atoms with Crippen molar-refractivity contribution < 1.29 is 4.79 Å². The first-order chi connectivity index (χ1) is 15.0. The maximum Gasteiger partial charge on any atom is 0.162 e. The van der Waals surface area contributed by atoms with Crippen LogP contribution in [0.2, 0.25) is 0 Å². The highest BCUT2D eigenvalue weighted by molar-refractivity contribution is 6.18. The minimum atomic E-state index is -0.157. The number of alkyl halides is 1. The van der Waals surface area contributed by atoms with Crippen LogP contribution in [0.5, 0.6) is 0 Å². The zero-order valence-corrected chi connectivity index (χ0v) is 20.0. The highest BCUT2D eigenvalue weighted by Crippen LogP contribution is 2.46. The number of hydrogen-bond donors (Lipinski definition) is 0. The Morgan fingerprint density at radius 2 is 1.97 bits per heavy atom. The van der Waals surface area contributed by atoms with Crippen LogP contribution in [0, 0.1) is 5.21 Å². The number of likely N-dealkylation sites (N-methyl/N-ethyl adjacent to an activating group) is 1.